The van der Waals surface area contributed by atoms with Crippen LogP contribution in [0.4, 0.5) is 0 Å². The van der Waals surface area contributed by atoms with E-state index in [1.807, 2.05) is 50.1 Å². The van der Waals surface area contributed by atoms with Crippen molar-refractivity contribution in [3.63, 3.8) is 0 Å². The van der Waals surface area contributed by atoms with E-state index in [2.05, 4.69) is 53.2 Å². The lowest BCUT2D eigenvalue weighted by Crippen LogP contribution is -2.32. The van der Waals surface area contributed by atoms with E-state index in [1.54, 1.807) is 12.4 Å². The van der Waals surface area contributed by atoms with Crippen LogP contribution in [-0.2, 0) is 17.8 Å². The van der Waals surface area contributed by atoms with E-state index < -0.39 is 0 Å². The van der Waals surface area contributed by atoms with Crippen LogP contribution in [0.5, 0.6) is 5.75 Å². The number of likely N-dealkylation sites (N-methyl/N-ethyl adjacent to an activating group) is 1. The van der Waals surface area contributed by atoms with Crippen LogP contribution in [0.3, 0.4) is 0 Å². The smallest absolute Gasteiger partial charge is 0.238 e. The van der Waals surface area contributed by atoms with Crippen LogP contribution in [0.2, 0.25) is 0 Å². The van der Waals surface area contributed by atoms with Crippen molar-refractivity contribution in [1.29, 1.82) is 0 Å². The summed E-state index contributed by atoms with van der Waals surface area (Å²) in [7, 11) is 2.00. The second-order valence-electron chi connectivity index (χ2n) is 7.83. The highest BCUT2D eigenvalue weighted by Crippen LogP contribution is 2.30. The van der Waals surface area contributed by atoms with Crippen molar-refractivity contribution in [1.82, 2.24) is 14.8 Å². The summed E-state index contributed by atoms with van der Waals surface area (Å²) in [5.41, 5.74) is 4.63. The minimum absolute atomic E-state index is 0.0460. The van der Waals surface area contributed by atoms with Gasteiger partial charge in [0.25, 0.3) is 0 Å². The van der Waals surface area contributed by atoms with E-state index in [0.29, 0.717) is 19.7 Å². The molecule has 3 aromatic rings. The zero-order chi connectivity index (χ0) is 22.9. The Labute approximate surface area is 191 Å². The Hall–Kier alpha value is -3.18. The van der Waals surface area contributed by atoms with Crippen molar-refractivity contribution >= 4 is 5.91 Å². The van der Waals surface area contributed by atoms with Gasteiger partial charge in [-0.15, -0.1) is 0 Å². The fourth-order valence-electron chi connectivity index (χ4n) is 3.84. The summed E-state index contributed by atoms with van der Waals surface area (Å²) in [5.74, 6) is 0.979. The molecule has 5 nitrogen and oxygen atoms in total. The fourth-order valence-corrected chi connectivity index (χ4v) is 3.84. The van der Waals surface area contributed by atoms with Crippen LogP contribution in [0.1, 0.15) is 42.3 Å². The average molecular weight is 432 g/mol. The van der Waals surface area contributed by atoms with Crippen LogP contribution in [0.15, 0.2) is 73.1 Å². The SMILES string of the molecule is CC.Cc1ccc(CCN2C(=O)CN(C)C2c2ccc(OCc3cccnc3)cc2)cc1. The second-order valence-corrected chi connectivity index (χ2v) is 7.83. The maximum absolute atomic E-state index is 12.6. The number of rotatable bonds is 7. The average Bonchev–Trinajstić information content (AvgIpc) is 3.12. The second kappa shape index (κ2) is 11.4. The molecule has 0 saturated carbocycles. The Bertz CT molecular complexity index is 972. The highest BCUT2D eigenvalue weighted by Gasteiger charge is 2.36. The molecular formula is C27H33N3O2. The summed E-state index contributed by atoms with van der Waals surface area (Å²) in [4.78, 5) is 20.8. The van der Waals surface area contributed by atoms with Gasteiger partial charge in [-0.05, 0) is 49.7 Å². The Balaban J connectivity index is 0.00000141. The van der Waals surface area contributed by atoms with Gasteiger partial charge in [-0.3, -0.25) is 14.7 Å². The molecule has 0 radical (unpaired) electrons. The molecule has 4 rings (SSSR count). The molecule has 0 spiro atoms. The third-order valence-electron chi connectivity index (χ3n) is 5.49. The molecule has 0 aliphatic carbocycles. The summed E-state index contributed by atoms with van der Waals surface area (Å²) < 4.78 is 5.87. The molecule has 1 amide bonds. The Morgan fingerprint density at radius 2 is 1.72 bits per heavy atom. The Morgan fingerprint density at radius 3 is 2.38 bits per heavy atom. The van der Waals surface area contributed by atoms with Gasteiger partial charge in [0, 0.05) is 24.5 Å². The summed E-state index contributed by atoms with van der Waals surface area (Å²) in [6.07, 6.45) is 4.36. The zero-order valence-corrected chi connectivity index (χ0v) is 19.5. The molecule has 1 atom stereocenters. The van der Waals surface area contributed by atoms with Gasteiger partial charge in [0.1, 0.15) is 18.5 Å². The van der Waals surface area contributed by atoms with Crippen LogP contribution < -0.4 is 4.74 Å². The van der Waals surface area contributed by atoms with Gasteiger partial charge < -0.3 is 9.64 Å². The van der Waals surface area contributed by atoms with Crippen molar-refractivity contribution in [2.24, 2.45) is 0 Å². The quantitative estimate of drug-likeness (QED) is 0.528. The number of benzene rings is 2. The van der Waals surface area contributed by atoms with E-state index in [4.69, 9.17) is 4.74 Å². The highest BCUT2D eigenvalue weighted by molar-refractivity contribution is 5.81. The van der Waals surface area contributed by atoms with Gasteiger partial charge in [-0.2, -0.15) is 0 Å². The maximum atomic E-state index is 12.6. The summed E-state index contributed by atoms with van der Waals surface area (Å²) in [6.45, 7) is 7.72. The number of aromatic nitrogens is 1. The first-order chi connectivity index (χ1) is 15.6. The largest absolute Gasteiger partial charge is 0.489 e. The molecule has 1 fully saturated rings. The first-order valence-electron chi connectivity index (χ1n) is 11.3. The maximum Gasteiger partial charge on any atom is 0.238 e. The molecule has 1 aliphatic rings. The van der Waals surface area contributed by atoms with Crippen LogP contribution in [-0.4, -0.2) is 40.8 Å². The normalized spacial score (nSPS) is 15.9. The molecule has 1 aliphatic heterocycles. The first-order valence-corrected chi connectivity index (χ1v) is 11.3. The monoisotopic (exact) mass is 431 g/mol. The third kappa shape index (κ3) is 5.95. The number of pyridine rings is 1. The molecule has 32 heavy (non-hydrogen) atoms. The minimum Gasteiger partial charge on any atom is -0.489 e. The molecule has 0 N–H and O–H groups in total. The van der Waals surface area contributed by atoms with Crippen LogP contribution in [0, 0.1) is 6.92 Å². The lowest BCUT2D eigenvalue weighted by molar-refractivity contribution is -0.128. The van der Waals surface area contributed by atoms with E-state index in [1.165, 1.54) is 11.1 Å². The van der Waals surface area contributed by atoms with Crippen molar-refractivity contribution in [3.8, 4) is 5.75 Å². The summed E-state index contributed by atoms with van der Waals surface area (Å²) in [5, 5.41) is 0. The number of carbonyl (C=O) groups is 1. The molecule has 1 saturated heterocycles. The van der Waals surface area contributed by atoms with Gasteiger partial charge in [0.2, 0.25) is 5.91 Å². The summed E-state index contributed by atoms with van der Waals surface area (Å²) >= 11 is 0. The number of hydrogen-bond acceptors (Lipinski definition) is 4. The molecule has 1 aromatic heterocycles. The number of amides is 1. The fraction of sp³-hybridized carbons (Fsp3) is 0.333. The van der Waals surface area contributed by atoms with Gasteiger partial charge >= 0.3 is 0 Å². The van der Waals surface area contributed by atoms with E-state index in [0.717, 1.165) is 23.3 Å². The zero-order valence-electron chi connectivity index (χ0n) is 19.5. The molecule has 168 valence electrons. The van der Waals surface area contributed by atoms with Crippen LogP contribution >= 0.6 is 0 Å². The van der Waals surface area contributed by atoms with Crippen molar-refractivity contribution < 1.29 is 9.53 Å². The Kier molecular flexibility index (Phi) is 8.40. The highest BCUT2D eigenvalue weighted by atomic mass is 16.5. The van der Waals surface area contributed by atoms with E-state index in [9.17, 15) is 4.79 Å². The van der Waals surface area contributed by atoms with Crippen molar-refractivity contribution in [3.05, 3.63) is 95.3 Å². The van der Waals surface area contributed by atoms with Crippen molar-refractivity contribution in [2.75, 3.05) is 20.1 Å². The number of nitrogens with zero attached hydrogens (tertiary/aromatic N) is 3. The first kappa shape index (κ1) is 23.5. The number of aryl methyl sites for hydroxylation is 1. The van der Waals surface area contributed by atoms with E-state index >= 15 is 0 Å². The lowest BCUT2D eigenvalue weighted by atomic mass is 10.1. The van der Waals surface area contributed by atoms with Gasteiger partial charge in [0.15, 0.2) is 0 Å². The standard InChI is InChI=1S/C25H27N3O2.C2H6/c1-19-5-7-20(8-6-19)13-15-28-24(29)17-27(2)25(28)22-9-11-23(12-10-22)30-18-21-4-3-14-26-16-21;1-2/h3-12,14,16,25H,13,15,17-18H2,1-2H3;1-2H3. The predicted molar refractivity (Wildman–Crippen MR) is 128 cm³/mol. The van der Waals surface area contributed by atoms with Gasteiger partial charge in [0.05, 0.1) is 6.54 Å². The summed E-state index contributed by atoms with van der Waals surface area (Å²) in [6, 6.07) is 20.5. The molecular weight excluding hydrogens is 398 g/mol. The molecule has 5 heteroatoms. The van der Waals surface area contributed by atoms with E-state index in [-0.39, 0.29) is 12.1 Å². The third-order valence-corrected chi connectivity index (χ3v) is 5.49. The molecule has 0 bridgehead atoms. The lowest BCUT2D eigenvalue weighted by Gasteiger charge is -2.28. The number of hydrogen-bond donors (Lipinski definition) is 0. The van der Waals surface area contributed by atoms with Crippen molar-refractivity contribution in [2.45, 2.75) is 40.0 Å². The van der Waals surface area contributed by atoms with Crippen LogP contribution in [0.25, 0.3) is 0 Å². The molecule has 1 unspecified atom stereocenters. The Morgan fingerprint density at radius 1 is 1.00 bits per heavy atom. The number of ether oxygens (including phenoxy) is 1. The number of carbonyl (C=O) groups excluding carboxylic acids is 1. The van der Waals surface area contributed by atoms with Gasteiger partial charge in [-0.1, -0.05) is 61.9 Å². The predicted octanol–water partition coefficient (Wildman–Crippen LogP) is 5.01. The minimum atomic E-state index is -0.0460. The van der Waals surface area contributed by atoms with Gasteiger partial charge in [-0.25, -0.2) is 0 Å². The molecule has 2 aromatic carbocycles. The molecule has 2 heterocycles. The topological polar surface area (TPSA) is 45.7 Å².